The average Bonchev–Trinajstić information content (AvgIpc) is 2.24. The summed E-state index contributed by atoms with van der Waals surface area (Å²) in [5, 5.41) is 3.03. The standard InChI is InChI=1S/C12H15ClF3NO/c1-8(3-4-18-2)17-11-6-9(12(14,15)16)5-10(13)7-11/h5-8,17H,3-4H2,1-2H3. The first kappa shape index (κ1) is 15.1. The van der Waals surface area contributed by atoms with Crippen LogP contribution in [0.2, 0.25) is 5.02 Å². The molecule has 0 aliphatic rings. The Morgan fingerprint density at radius 1 is 1.33 bits per heavy atom. The zero-order valence-electron chi connectivity index (χ0n) is 10.1. The third-order valence-electron chi connectivity index (χ3n) is 2.39. The highest BCUT2D eigenvalue weighted by Crippen LogP contribution is 2.33. The molecule has 0 amide bonds. The summed E-state index contributed by atoms with van der Waals surface area (Å²) in [4.78, 5) is 0. The Labute approximate surface area is 109 Å². The summed E-state index contributed by atoms with van der Waals surface area (Å²) < 4.78 is 42.7. The van der Waals surface area contributed by atoms with Gasteiger partial charge >= 0.3 is 6.18 Å². The lowest BCUT2D eigenvalue weighted by molar-refractivity contribution is -0.137. The van der Waals surface area contributed by atoms with E-state index in [4.69, 9.17) is 16.3 Å². The number of anilines is 1. The first-order chi connectivity index (χ1) is 8.32. The topological polar surface area (TPSA) is 21.3 Å². The molecule has 1 aromatic carbocycles. The van der Waals surface area contributed by atoms with Gasteiger partial charge in [-0.25, -0.2) is 0 Å². The van der Waals surface area contributed by atoms with Gasteiger partial charge in [0.1, 0.15) is 0 Å². The second kappa shape index (κ2) is 6.29. The van der Waals surface area contributed by atoms with Gasteiger partial charge in [-0.3, -0.25) is 0 Å². The van der Waals surface area contributed by atoms with E-state index < -0.39 is 11.7 Å². The monoisotopic (exact) mass is 281 g/mol. The molecule has 1 atom stereocenters. The van der Waals surface area contributed by atoms with Crippen molar-refractivity contribution >= 4 is 17.3 Å². The van der Waals surface area contributed by atoms with Gasteiger partial charge in [0, 0.05) is 30.5 Å². The molecule has 0 aromatic heterocycles. The van der Waals surface area contributed by atoms with Gasteiger partial charge in [0.2, 0.25) is 0 Å². The van der Waals surface area contributed by atoms with Gasteiger partial charge in [-0.1, -0.05) is 11.6 Å². The van der Waals surface area contributed by atoms with Crippen molar-refractivity contribution in [2.45, 2.75) is 25.6 Å². The molecule has 0 spiro atoms. The van der Waals surface area contributed by atoms with Gasteiger partial charge in [-0.05, 0) is 31.5 Å². The van der Waals surface area contributed by atoms with E-state index in [-0.39, 0.29) is 11.1 Å². The Hall–Kier alpha value is -0.940. The average molecular weight is 282 g/mol. The van der Waals surface area contributed by atoms with E-state index in [0.717, 1.165) is 12.1 Å². The van der Waals surface area contributed by atoms with Crippen LogP contribution in [0.4, 0.5) is 18.9 Å². The van der Waals surface area contributed by atoms with Crippen LogP contribution < -0.4 is 5.32 Å². The Morgan fingerprint density at radius 2 is 2.00 bits per heavy atom. The van der Waals surface area contributed by atoms with Gasteiger partial charge < -0.3 is 10.1 Å². The van der Waals surface area contributed by atoms with E-state index in [2.05, 4.69) is 5.32 Å². The first-order valence-electron chi connectivity index (χ1n) is 5.46. The number of hydrogen-bond acceptors (Lipinski definition) is 2. The molecule has 1 aromatic rings. The lowest BCUT2D eigenvalue weighted by Crippen LogP contribution is -2.17. The van der Waals surface area contributed by atoms with E-state index >= 15 is 0 Å². The van der Waals surface area contributed by atoms with Crippen molar-refractivity contribution in [1.29, 1.82) is 0 Å². The number of alkyl halides is 3. The molecule has 1 rings (SSSR count). The molecule has 0 heterocycles. The molecule has 0 aliphatic heterocycles. The molecule has 0 radical (unpaired) electrons. The minimum atomic E-state index is -4.39. The van der Waals surface area contributed by atoms with Crippen molar-refractivity contribution in [3.05, 3.63) is 28.8 Å². The molecule has 0 saturated carbocycles. The van der Waals surface area contributed by atoms with Crippen LogP contribution in [0.5, 0.6) is 0 Å². The minimum absolute atomic E-state index is 0.00417. The second-order valence-electron chi connectivity index (χ2n) is 4.05. The van der Waals surface area contributed by atoms with Crippen LogP contribution in [0.25, 0.3) is 0 Å². The molecule has 18 heavy (non-hydrogen) atoms. The summed E-state index contributed by atoms with van der Waals surface area (Å²) in [7, 11) is 1.58. The Kier molecular flexibility index (Phi) is 5.28. The van der Waals surface area contributed by atoms with Crippen molar-refractivity contribution in [3.63, 3.8) is 0 Å². The van der Waals surface area contributed by atoms with E-state index in [1.54, 1.807) is 7.11 Å². The quantitative estimate of drug-likeness (QED) is 0.873. The molecule has 2 nitrogen and oxygen atoms in total. The summed E-state index contributed by atoms with van der Waals surface area (Å²) in [5.41, 5.74) is -0.394. The predicted molar refractivity (Wildman–Crippen MR) is 66.0 cm³/mol. The van der Waals surface area contributed by atoms with Crippen LogP contribution in [0.3, 0.4) is 0 Å². The lowest BCUT2D eigenvalue weighted by atomic mass is 10.1. The van der Waals surface area contributed by atoms with Crippen molar-refractivity contribution < 1.29 is 17.9 Å². The molecule has 102 valence electrons. The molecular formula is C12H15ClF3NO. The summed E-state index contributed by atoms with van der Waals surface area (Å²) >= 11 is 5.68. The summed E-state index contributed by atoms with van der Waals surface area (Å²) in [6.45, 7) is 2.41. The lowest BCUT2D eigenvalue weighted by Gasteiger charge is -2.16. The van der Waals surface area contributed by atoms with Gasteiger partial charge in [0.25, 0.3) is 0 Å². The zero-order chi connectivity index (χ0) is 13.8. The molecule has 6 heteroatoms. The third-order valence-corrected chi connectivity index (χ3v) is 2.61. The Bertz CT molecular complexity index is 395. The van der Waals surface area contributed by atoms with Gasteiger partial charge in [0.05, 0.1) is 5.56 Å². The van der Waals surface area contributed by atoms with Gasteiger partial charge in [0.15, 0.2) is 0 Å². The highest BCUT2D eigenvalue weighted by molar-refractivity contribution is 6.30. The normalized spacial score (nSPS) is 13.4. The maximum Gasteiger partial charge on any atom is 0.416 e. The highest BCUT2D eigenvalue weighted by atomic mass is 35.5. The van der Waals surface area contributed by atoms with Gasteiger partial charge in [-0.2, -0.15) is 13.2 Å². The van der Waals surface area contributed by atoms with Crippen LogP contribution in [0, 0.1) is 0 Å². The fourth-order valence-corrected chi connectivity index (χ4v) is 1.72. The van der Waals surface area contributed by atoms with E-state index in [1.165, 1.54) is 6.07 Å². The van der Waals surface area contributed by atoms with Crippen LogP contribution in [0.1, 0.15) is 18.9 Å². The van der Waals surface area contributed by atoms with E-state index in [0.29, 0.717) is 18.7 Å². The summed E-state index contributed by atoms with van der Waals surface area (Å²) in [6, 6.07) is 3.44. The SMILES string of the molecule is COCCC(C)Nc1cc(Cl)cc(C(F)(F)F)c1. The maximum absolute atomic E-state index is 12.6. The fourth-order valence-electron chi connectivity index (χ4n) is 1.49. The Morgan fingerprint density at radius 3 is 2.56 bits per heavy atom. The maximum atomic E-state index is 12.6. The largest absolute Gasteiger partial charge is 0.416 e. The van der Waals surface area contributed by atoms with Crippen LogP contribution >= 0.6 is 11.6 Å². The second-order valence-corrected chi connectivity index (χ2v) is 4.49. The zero-order valence-corrected chi connectivity index (χ0v) is 10.9. The number of benzene rings is 1. The molecule has 0 saturated heterocycles. The number of rotatable bonds is 5. The number of hydrogen-bond donors (Lipinski definition) is 1. The first-order valence-corrected chi connectivity index (χ1v) is 5.84. The van der Waals surface area contributed by atoms with Crippen LogP contribution in [-0.4, -0.2) is 19.8 Å². The van der Waals surface area contributed by atoms with Crippen molar-refractivity contribution in [2.24, 2.45) is 0 Å². The molecule has 0 aliphatic carbocycles. The van der Waals surface area contributed by atoms with Crippen molar-refractivity contribution in [1.82, 2.24) is 0 Å². The predicted octanol–water partition coefficient (Wildman–Crippen LogP) is 4.20. The molecule has 0 fully saturated rings. The van der Waals surface area contributed by atoms with Crippen molar-refractivity contribution in [2.75, 3.05) is 19.0 Å². The smallest absolute Gasteiger partial charge is 0.385 e. The molecule has 1 unspecified atom stereocenters. The number of methoxy groups -OCH3 is 1. The van der Waals surface area contributed by atoms with Gasteiger partial charge in [-0.15, -0.1) is 0 Å². The minimum Gasteiger partial charge on any atom is -0.385 e. The number of halogens is 4. The van der Waals surface area contributed by atoms with E-state index in [9.17, 15) is 13.2 Å². The molecule has 0 bridgehead atoms. The summed E-state index contributed by atoms with van der Waals surface area (Å²) in [5.74, 6) is 0. The van der Waals surface area contributed by atoms with Crippen LogP contribution in [-0.2, 0) is 10.9 Å². The van der Waals surface area contributed by atoms with Crippen molar-refractivity contribution in [3.8, 4) is 0 Å². The number of nitrogens with one attached hydrogen (secondary N) is 1. The Balaban J connectivity index is 2.80. The van der Waals surface area contributed by atoms with E-state index in [1.807, 2.05) is 6.92 Å². The summed E-state index contributed by atoms with van der Waals surface area (Å²) in [6.07, 6.45) is -3.69. The number of ether oxygens (including phenoxy) is 1. The molecule has 1 N–H and O–H groups in total. The third kappa shape index (κ3) is 4.74. The fraction of sp³-hybridized carbons (Fsp3) is 0.500. The molecular weight excluding hydrogens is 267 g/mol. The highest BCUT2D eigenvalue weighted by Gasteiger charge is 2.31. The van der Waals surface area contributed by atoms with Crippen LogP contribution in [0.15, 0.2) is 18.2 Å².